The number of allylic oxidation sites excluding steroid dienone is 1. The van der Waals surface area contributed by atoms with Crippen LogP contribution in [-0.2, 0) is 29.2 Å². The lowest BCUT2D eigenvalue weighted by molar-refractivity contribution is -0.210. The minimum atomic E-state index is -1.83. The van der Waals surface area contributed by atoms with Crippen molar-refractivity contribution in [3.05, 3.63) is 95.4 Å². The monoisotopic (exact) mass is 477 g/mol. The summed E-state index contributed by atoms with van der Waals surface area (Å²) < 4.78 is 15.7. The molecular formula is C28H31NO6. The molecule has 1 atom stereocenters. The Bertz CT molecular complexity index is 1070. The van der Waals surface area contributed by atoms with Crippen LogP contribution in [0.4, 0.5) is 0 Å². The Hall–Kier alpha value is -3.42. The molecule has 4 rings (SSSR count). The van der Waals surface area contributed by atoms with Gasteiger partial charge in [-0.1, -0.05) is 73.7 Å². The van der Waals surface area contributed by atoms with Crippen LogP contribution in [0.5, 0.6) is 0 Å². The van der Waals surface area contributed by atoms with E-state index in [4.69, 9.17) is 9.47 Å². The van der Waals surface area contributed by atoms with E-state index in [1.54, 1.807) is 17.1 Å². The van der Waals surface area contributed by atoms with Gasteiger partial charge in [-0.2, -0.15) is 0 Å². The lowest BCUT2D eigenvalue weighted by Crippen LogP contribution is -2.47. The van der Waals surface area contributed by atoms with E-state index in [0.717, 1.165) is 12.8 Å². The van der Waals surface area contributed by atoms with Gasteiger partial charge >= 0.3 is 5.97 Å². The SMILES string of the molecule is COC(=O)COC1(O)CC=CC2=C1OCC(=O)N2CCCC(C)(c1ccccc1)c1ccccc1. The predicted octanol–water partition coefficient (Wildman–Crippen LogP) is 3.68. The number of esters is 1. The summed E-state index contributed by atoms with van der Waals surface area (Å²) in [5, 5.41) is 11.1. The highest BCUT2D eigenvalue weighted by atomic mass is 16.7. The molecule has 0 fully saturated rings. The van der Waals surface area contributed by atoms with Gasteiger partial charge in [-0.15, -0.1) is 0 Å². The maximum Gasteiger partial charge on any atom is 0.331 e. The number of hydrogen-bond donors (Lipinski definition) is 1. The fourth-order valence-corrected chi connectivity index (χ4v) is 4.71. The molecule has 2 aromatic carbocycles. The van der Waals surface area contributed by atoms with E-state index >= 15 is 0 Å². The van der Waals surface area contributed by atoms with Gasteiger partial charge in [0.1, 0.15) is 6.61 Å². The van der Waals surface area contributed by atoms with Crippen LogP contribution in [0.25, 0.3) is 0 Å². The Morgan fingerprint density at radius 3 is 2.34 bits per heavy atom. The molecule has 0 aromatic heterocycles. The zero-order valence-electron chi connectivity index (χ0n) is 20.1. The molecule has 2 aliphatic rings. The lowest BCUT2D eigenvalue weighted by atomic mass is 9.73. The van der Waals surface area contributed by atoms with Crippen LogP contribution in [0, 0.1) is 0 Å². The Kier molecular flexibility index (Phi) is 7.38. The van der Waals surface area contributed by atoms with E-state index in [1.807, 2.05) is 36.4 Å². The van der Waals surface area contributed by atoms with Crippen molar-refractivity contribution in [2.75, 3.05) is 26.9 Å². The molecule has 7 nitrogen and oxygen atoms in total. The first-order valence-electron chi connectivity index (χ1n) is 11.8. The topological polar surface area (TPSA) is 85.3 Å². The second-order valence-electron chi connectivity index (χ2n) is 8.97. The number of carbonyl (C=O) groups is 2. The number of rotatable bonds is 9. The van der Waals surface area contributed by atoms with E-state index in [2.05, 4.69) is 35.9 Å². The van der Waals surface area contributed by atoms with Crippen molar-refractivity contribution >= 4 is 11.9 Å². The summed E-state index contributed by atoms with van der Waals surface area (Å²) in [6.07, 6.45) is 5.10. The standard InChI is InChI=1S/C28H31NO6/c1-27(21-11-5-3-6-12-21,22-13-7-4-8-14-22)16-10-18-29-23-15-9-17-28(32,35-20-25(31)33-2)26(23)34-19-24(29)30/h3-9,11-15,32H,10,16-20H2,1-2H3. The third kappa shape index (κ3) is 5.16. The summed E-state index contributed by atoms with van der Waals surface area (Å²) in [5.74, 6) is -2.48. The second kappa shape index (κ2) is 10.5. The maximum absolute atomic E-state index is 12.8. The van der Waals surface area contributed by atoms with Gasteiger partial charge in [0.15, 0.2) is 12.4 Å². The molecule has 1 heterocycles. The van der Waals surface area contributed by atoms with Crippen molar-refractivity contribution in [2.24, 2.45) is 0 Å². The third-order valence-corrected chi connectivity index (χ3v) is 6.73. The number of amides is 1. The van der Waals surface area contributed by atoms with Crippen LogP contribution in [0.15, 0.2) is 84.3 Å². The number of methoxy groups -OCH3 is 1. The molecule has 1 aliphatic carbocycles. The van der Waals surface area contributed by atoms with E-state index in [-0.39, 0.29) is 30.1 Å². The average molecular weight is 478 g/mol. The first kappa shape index (κ1) is 24.7. The maximum atomic E-state index is 12.8. The molecule has 1 unspecified atom stereocenters. The summed E-state index contributed by atoms with van der Waals surface area (Å²) in [6, 6.07) is 20.7. The first-order chi connectivity index (χ1) is 16.9. The fraction of sp³-hybridized carbons (Fsp3) is 0.357. The van der Waals surface area contributed by atoms with Gasteiger partial charge in [0.25, 0.3) is 5.91 Å². The Morgan fingerprint density at radius 2 is 1.74 bits per heavy atom. The summed E-state index contributed by atoms with van der Waals surface area (Å²) in [4.78, 5) is 26.0. The Morgan fingerprint density at radius 1 is 1.11 bits per heavy atom. The van der Waals surface area contributed by atoms with Gasteiger partial charge < -0.3 is 24.2 Å². The quantitative estimate of drug-likeness (QED) is 0.438. The van der Waals surface area contributed by atoms with Crippen LogP contribution >= 0.6 is 0 Å². The summed E-state index contributed by atoms with van der Waals surface area (Å²) >= 11 is 0. The van der Waals surface area contributed by atoms with Crippen LogP contribution in [0.1, 0.15) is 37.3 Å². The molecule has 0 bridgehead atoms. The van der Waals surface area contributed by atoms with Crippen molar-refractivity contribution in [3.8, 4) is 0 Å². The van der Waals surface area contributed by atoms with Gasteiger partial charge in [-0.3, -0.25) is 4.79 Å². The zero-order valence-corrected chi connectivity index (χ0v) is 20.1. The first-order valence-corrected chi connectivity index (χ1v) is 11.8. The summed E-state index contributed by atoms with van der Waals surface area (Å²) in [7, 11) is 1.25. The van der Waals surface area contributed by atoms with Gasteiger partial charge in [0, 0.05) is 18.4 Å². The number of ether oxygens (including phenoxy) is 3. The lowest BCUT2D eigenvalue weighted by Gasteiger charge is -2.39. The van der Waals surface area contributed by atoms with E-state index in [9.17, 15) is 14.7 Å². The van der Waals surface area contributed by atoms with Crippen LogP contribution in [0.2, 0.25) is 0 Å². The van der Waals surface area contributed by atoms with Gasteiger partial charge in [0.05, 0.1) is 12.8 Å². The number of carbonyl (C=O) groups excluding carboxylic acids is 2. The van der Waals surface area contributed by atoms with Crippen LogP contribution < -0.4 is 0 Å². The molecule has 1 N–H and O–H groups in total. The molecular weight excluding hydrogens is 446 g/mol. The normalized spacial score (nSPS) is 19.9. The van der Waals surface area contributed by atoms with Crippen molar-refractivity contribution in [1.82, 2.24) is 4.90 Å². The Balaban J connectivity index is 1.54. The van der Waals surface area contributed by atoms with E-state index < -0.39 is 18.4 Å². The minimum Gasteiger partial charge on any atom is -0.480 e. The number of nitrogens with zero attached hydrogens (tertiary/aromatic N) is 1. The number of benzene rings is 2. The third-order valence-electron chi connectivity index (χ3n) is 6.73. The summed E-state index contributed by atoms with van der Waals surface area (Å²) in [6.45, 7) is 2.05. The Labute approximate surface area is 205 Å². The fourth-order valence-electron chi connectivity index (χ4n) is 4.71. The molecule has 0 saturated heterocycles. The van der Waals surface area contributed by atoms with E-state index in [1.165, 1.54) is 18.2 Å². The van der Waals surface area contributed by atoms with Crippen molar-refractivity contribution in [3.63, 3.8) is 0 Å². The van der Waals surface area contributed by atoms with Gasteiger partial charge in [0.2, 0.25) is 5.79 Å². The van der Waals surface area contributed by atoms with E-state index in [0.29, 0.717) is 12.2 Å². The van der Waals surface area contributed by atoms with Crippen molar-refractivity contribution in [1.29, 1.82) is 0 Å². The second-order valence-corrected chi connectivity index (χ2v) is 8.97. The molecule has 35 heavy (non-hydrogen) atoms. The smallest absolute Gasteiger partial charge is 0.331 e. The highest BCUT2D eigenvalue weighted by molar-refractivity contribution is 5.81. The van der Waals surface area contributed by atoms with Crippen LogP contribution in [0.3, 0.4) is 0 Å². The molecule has 2 aromatic rings. The molecule has 7 heteroatoms. The molecule has 0 radical (unpaired) electrons. The minimum absolute atomic E-state index is 0.102. The highest BCUT2D eigenvalue weighted by Gasteiger charge is 2.43. The average Bonchev–Trinajstić information content (AvgIpc) is 2.89. The molecule has 0 saturated carbocycles. The van der Waals surface area contributed by atoms with Crippen molar-refractivity contribution in [2.45, 2.75) is 37.4 Å². The van der Waals surface area contributed by atoms with Gasteiger partial charge in [-0.05, 0) is 30.0 Å². The van der Waals surface area contributed by atoms with Gasteiger partial charge in [-0.25, -0.2) is 4.79 Å². The molecule has 1 amide bonds. The summed E-state index contributed by atoms with van der Waals surface area (Å²) in [5.41, 5.74) is 2.65. The molecule has 184 valence electrons. The largest absolute Gasteiger partial charge is 0.480 e. The number of hydrogen-bond acceptors (Lipinski definition) is 6. The highest BCUT2D eigenvalue weighted by Crippen LogP contribution is 2.38. The number of aliphatic hydroxyl groups is 1. The van der Waals surface area contributed by atoms with Crippen LogP contribution in [-0.4, -0.2) is 54.5 Å². The zero-order chi connectivity index (χ0) is 24.9. The predicted molar refractivity (Wildman–Crippen MR) is 130 cm³/mol. The van der Waals surface area contributed by atoms with Crippen molar-refractivity contribution < 1.29 is 28.9 Å². The molecule has 1 aliphatic heterocycles. The molecule has 0 spiro atoms.